The minimum atomic E-state index is -1.07. The number of amides is 2. The highest BCUT2D eigenvalue weighted by Crippen LogP contribution is 2.39. The van der Waals surface area contributed by atoms with E-state index in [1.165, 1.54) is 36.4 Å². The molecule has 0 aliphatic carbocycles. The lowest BCUT2D eigenvalue weighted by molar-refractivity contribution is -0.176. The van der Waals surface area contributed by atoms with Crippen molar-refractivity contribution >= 4 is 76.6 Å². The lowest BCUT2D eigenvalue weighted by Gasteiger charge is -2.17. The van der Waals surface area contributed by atoms with Gasteiger partial charge in [0.05, 0.1) is 46.0 Å². The predicted molar refractivity (Wildman–Crippen MR) is 278 cm³/mol. The van der Waals surface area contributed by atoms with Gasteiger partial charge in [-0.15, -0.1) is 0 Å². The van der Waals surface area contributed by atoms with Gasteiger partial charge >= 0.3 is 17.9 Å². The molecular formula is C58H42N6O9. The number of carbonyl (C=O) groups excluding carboxylic acids is 2. The molecule has 0 atom stereocenters. The van der Waals surface area contributed by atoms with Crippen LogP contribution in [-0.4, -0.2) is 83.6 Å². The van der Waals surface area contributed by atoms with Gasteiger partial charge in [0.25, 0.3) is 5.91 Å². The summed E-state index contributed by atoms with van der Waals surface area (Å²) in [5.41, 5.74) is 11.8. The fraction of sp³-hybridized carbons (Fsp3) is 0.0517. The first kappa shape index (κ1) is 46.7. The van der Waals surface area contributed by atoms with E-state index >= 15 is 0 Å². The number of hydrogen-bond donors (Lipinski definition) is 6. The van der Waals surface area contributed by atoms with Crippen LogP contribution < -0.4 is 5.32 Å². The van der Waals surface area contributed by atoms with E-state index in [4.69, 9.17) is 14.8 Å². The Bertz CT molecular complexity index is 3660. The summed E-state index contributed by atoms with van der Waals surface area (Å²) in [6.45, 7) is 0.449. The van der Waals surface area contributed by atoms with E-state index in [-0.39, 0.29) is 42.3 Å². The van der Waals surface area contributed by atoms with Gasteiger partial charge in [0.15, 0.2) is 0 Å². The largest absolute Gasteiger partial charge is 0.478 e. The fourth-order valence-corrected chi connectivity index (χ4v) is 8.81. The molecule has 2 amide bonds. The second-order valence-electron chi connectivity index (χ2n) is 17.0. The van der Waals surface area contributed by atoms with Crippen molar-refractivity contribution in [2.24, 2.45) is 0 Å². The van der Waals surface area contributed by atoms with Gasteiger partial charge in [0, 0.05) is 56.4 Å². The van der Waals surface area contributed by atoms with Crippen LogP contribution in [0, 0.1) is 0 Å². The standard InChI is InChI=1S/C58H42N6O9/c65-33-64(73-32-34-4-2-1-3-5-34)31-30-59-55(66)39-14-6-35(7-15-39)51-43-22-24-45(60-43)52(36-8-16-40(17-9-36)56(67)68)47-26-28-49(62-47)54(38-12-20-42(21-13-38)58(71)72)50-29-27-48(63-50)53(46-25-23-44(51)61-46)37-10-18-41(19-11-37)57(69)70/h1-29,33,60,63H,30-32H2,(H,59,66)(H,67,68)(H,69,70)(H,71,72). The number of nitrogens with zero attached hydrogens (tertiary/aromatic N) is 3. The summed E-state index contributed by atoms with van der Waals surface area (Å²) in [7, 11) is 0. The van der Waals surface area contributed by atoms with Gasteiger partial charge in [-0.25, -0.2) is 29.4 Å². The summed E-state index contributed by atoms with van der Waals surface area (Å²) in [6.07, 6.45) is 8.09. The van der Waals surface area contributed by atoms with Crippen molar-refractivity contribution in [3.05, 3.63) is 202 Å². The summed E-state index contributed by atoms with van der Waals surface area (Å²) in [5, 5.41) is 33.3. The van der Waals surface area contributed by atoms with E-state index in [1.807, 2.05) is 91.0 Å². The third-order valence-electron chi connectivity index (χ3n) is 12.4. The number of aromatic carboxylic acids is 3. The molecule has 2 aliphatic rings. The quantitative estimate of drug-likeness (QED) is 0.0418. The maximum Gasteiger partial charge on any atom is 0.335 e. The normalized spacial score (nSPS) is 11.6. The average molecular weight is 967 g/mol. The van der Waals surface area contributed by atoms with Crippen LogP contribution in [0.2, 0.25) is 0 Å². The number of hydrogen-bond acceptors (Lipinski definition) is 8. The van der Waals surface area contributed by atoms with Crippen LogP contribution in [0.3, 0.4) is 0 Å². The fourth-order valence-electron chi connectivity index (χ4n) is 8.81. The highest BCUT2D eigenvalue weighted by Gasteiger charge is 2.21. The maximum atomic E-state index is 13.5. The number of rotatable bonds is 15. The summed E-state index contributed by atoms with van der Waals surface area (Å²) in [6, 6.07) is 43.7. The Hall–Kier alpha value is -9.99. The topological polar surface area (TPSA) is 228 Å². The molecule has 10 rings (SSSR count). The van der Waals surface area contributed by atoms with Crippen molar-refractivity contribution in [3.63, 3.8) is 0 Å². The van der Waals surface area contributed by atoms with Crippen molar-refractivity contribution in [2.45, 2.75) is 6.61 Å². The number of aromatic amines is 2. The Morgan fingerprint density at radius 1 is 0.479 bits per heavy atom. The zero-order chi connectivity index (χ0) is 50.6. The Labute approximate surface area is 416 Å². The number of fused-ring (bicyclic) bond motifs is 8. The van der Waals surface area contributed by atoms with E-state index in [1.54, 1.807) is 48.5 Å². The summed E-state index contributed by atoms with van der Waals surface area (Å²) in [4.78, 5) is 84.4. The molecule has 0 saturated carbocycles. The third-order valence-corrected chi connectivity index (χ3v) is 12.4. The molecule has 0 fully saturated rings. The molecule has 3 aromatic heterocycles. The molecular weight excluding hydrogens is 925 g/mol. The molecule has 358 valence electrons. The molecule has 8 aromatic rings. The molecule has 15 heteroatoms. The lowest BCUT2D eigenvalue weighted by Crippen LogP contribution is -2.34. The number of carbonyl (C=O) groups is 5. The van der Waals surface area contributed by atoms with Crippen LogP contribution >= 0.6 is 0 Å². The van der Waals surface area contributed by atoms with Gasteiger partial charge in [0.2, 0.25) is 6.41 Å². The van der Waals surface area contributed by atoms with Crippen LogP contribution in [-0.2, 0) is 16.2 Å². The highest BCUT2D eigenvalue weighted by molar-refractivity contribution is 6.01. The first-order valence-electron chi connectivity index (χ1n) is 23.0. The van der Waals surface area contributed by atoms with Crippen LogP contribution in [0.4, 0.5) is 0 Å². The van der Waals surface area contributed by atoms with Crippen molar-refractivity contribution in [1.82, 2.24) is 30.3 Å². The molecule has 2 aliphatic heterocycles. The Morgan fingerprint density at radius 2 is 0.822 bits per heavy atom. The van der Waals surface area contributed by atoms with E-state index in [2.05, 4.69) is 15.3 Å². The maximum absolute atomic E-state index is 13.5. The molecule has 5 aromatic carbocycles. The number of carboxylic acid groups (broad SMARTS) is 3. The van der Waals surface area contributed by atoms with Crippen LogP contribution in [0.15, 0.2) is 152 Å². The third kappa shape index (κ3) is 9.79. The molecule has 8 bridgehead atoms. The van der Waals surface area contributed by atoms with Crippen LogP contribution in [0.5, 0.6) is 0 Å². The lowest BCUT2D eigenvalue weighted by atomic mass is 10.0. The van der Waals surface area contributed by atoms with Crippen molar-refractivity contribution in [2.75, 3.05) is 13.1 Å². The van der Waals surface area contributed by atoms with Gasteiger partial charge in [-0.05, 0) is 125 Å². The zero-order valence-electron chi connectivity index (χ0n) is 38.6. The predicted octanol–water partition coefficient (Wildman–Crippen LogP) is 10.7. The molecule has 0 saturated heterocycles. The minimum absolute atomic E-state index is 0.111. The Kier molecular flexibility index (Phi) is 12.9. The molecule has 0 spiro atoms. The zero-order valence-corrected chi connectivity index (χ0v) is 38.6. The van der Waals surface area contributed by atoms with E-state index in [0.29, 0.717) is 101 Å². The van der Waals surface area contributed by atoms with Gasteiger partial charge < -0.3 is 30.6 Å². The molecule has 73 heavy (non-hydrogen) atoms. The van der Waals surface area contributed by atoms with Gasteiger partial charge in [-0.2, -0.15) is 0 Å². The highest BCUT2D eigenvalue weighted by atomic mass is 16.7. The van der Waals surface area contributed by atoms with E-state index in [9.17, 15) is 39.3 Å². The number of hydroxylamine groups is 2. The van der Waals surface area contributed by atoms with Crippen molar-refractivity contribution < 1.29 is 44.1 Å². The second-order valence-corrected chi connectivity index (χ2v) is 17.0. The van der Waals surface area contributed by atoms with Crippen LogP contribution in [0.25, 0.3) is 90.9 Å². The van der Waals surface area contributed by atoms with Crippen LogP contribution in [0.1, 0.15) is 69.8 Å². The smallest absolute Gasteiger partial charge is 0.335 e. The van der Waals surface area contributed by atoms with E-state index < -0.39 is 17.9 Å². The molecule has 15 nitrogen and oxygen atoms in total. The monoisotopic (exact) mass is 966 g/mol. The number of nitrogens with one attached hydrogen (secondary N) is 3. The SMILES string of the molecule is O=CN(CCNC(=O)c1ccc(-c2c3nc(c(-c4ccc(C(=O)O)cc4)c4ccc([nH]4)c(-c4ccc(C(=O)O)cc4)c4nc(c(-c5ccc(C(=O)O)cc5)c5ccc2[nH]5)C=C4)C=C3)cc1)OCc1ccccc1. The molecule has 0 radical (unpaired) electrons. The summed E-state index contributed by atoms with van der Waals surface area (Å²) >= 11 is 0. The molecule has 0 unspecified atom stereocenters. The van der Waals surface area contributed by atoms with Gasteiger partial charge in [-0.1, -0.05) is 78.9 Å². The summed E-state index contributed by atoms with van der Waals surface area (Å²) < 4.78 is 0. The van der Waals surface area contributed by atoms with E-state index in [0.717, 1.165) is 10.6 Å². The first-order chi connectivity index (χ1) is 35.5. The average Bonchev–Trinajstić information content (AvgIpc) is 4.27. The Morgan fingerprint density at radius 3 is 1.15 bits per heavy atom. The van der Waals surface area contributed by atoms with Gasteiger partial charge in [0.1, 0.15) is 6.61 Å². The van der Waals surface area contributed by atoms with Gasteiger partial charge in [-0.3, -0.25) is 14.4 Å². The second kappa shape index (κ2) is 20.2. The number of benzene rings is 5. The number of carboxylic acids is 3. The number of H-pyrrole nitrogens is 2. The Balaban J connectivity index is 1.15. The molecule has 5 heterocycles. The number of aromatic nitrogens is 4. The summed E-state index contributed by atoms with van der Waals surface area (Å²) in [5.74, 6) is -3.56. The minimum Gasteiger partial charge on any atom is -0.478 e. The van der Waals surface area contributed by atoms with Crippen molar-refractivity contribution in [3.8, 4) is 44.5 Å². The van der Waals surface area contributed by atoms with Crippen molar-refractivity contribution in [1.29, 1.82) is 0 Å². The molecule has 6 N–H and O–H groups in total. The first-order valence-corrected chi connectivity index (χ1v) is 23.0.